The molecule has 3 rings (SSSR count). The van der Waals surface area contributed by atoms with Crippen molar-refractivity contribution >= 4 is 24.0 Å². The zero-order chi connectivity index (χ0) is 17.6. The van der Waals surface area contributed by atoms with E-state index in [9.17, 15) is 9.18 Å². The summed E-state index contributed by atoms with van der Waals surface area (Å²) in [6.07, 6.45) is 1.06. The fourth-order valence-corrected chi connectivity index (χ4v) is 3.12. The first kappa shape index (κ1) is 20.2. The zero-order valence-corrected chi connectivity index (χ0v) is 15.7. The third-order valence-corrected chi connectivity index (χ3v) is 4.54. The van der Waals surface area contributed by atoms with Crippen molar-refractivity contribution in [3.63, 3.8) is 0 Å². The Bertz CT molecular complexity index is 736. The van der Waals surface area contributed by atoms with Crippen LogP contribution in [0.2, 0.25) is 0 Å². The van der Waals surface area contributed by atoms with Crippen molar-refractivity contribution in [2.75, 3.05) is 25.0 Å². The second kappa shape index (κ2) is 9.55. The second-order valence-electron chi connectivity index (χ2n) is 6.33. The molecule has 0 saturated carbocycles. The van der Waals surface area contributed by atoms with Crippen molar-refractivity contribution in [2.24, 2.45) is 0 Å². The summed E-state index contributed by atoms with van der Waals surface area (Å²) in [4.78, 5) is 14.4. The van der Waals surface area contributed by atoms with Crippen molar-refractivity contribution in [1.82, 2.24) is 10.2 Å². The molecule has 1 aliphatic heterocycles. The number of likely N-dealkylation sites (N-methyl/N-ethyl adjacent to an activating group) is 1. The zero-order valence-electron chi connectivity index (χ0n) is 14.9. The van der Waals surface area contributed by atoms with E-state index < -0.39 is 0 Å². The largest absolute Gasteiger partial charge is 0.384 e. The van der Waals surface area contributed by atoms with E-state index in [0.29, 0.717) is 13.1 Å². The molecule has 26 heavy (non-hydrogen) atoms. The summed E-state index contributed by atoms with van der Waals surface area (Å²) in [6, 6.07) is 12.5. The highest BCUT2D eigenvalue weighted by Gasteiger charge is 2.16. The number of carbonyl (C=O) groups excluding carboxylic acids is 1. The van der Waals surface area contributed by atoms with Gasteiger partial charge in [0.15, 0.2) is 0 Å². The monoisotopic (exact) mass is 377 g/mol. The van der Waals surface area contributed by atoms with E-state index in [-0.39, 0.29) is 24.1 Å². The number of hydrogen-bond donors (Lipinski definition) is 2. The number of fused-ring (bicyclic) bond motifs is 1. The van der Waals surface area contributed by atoms with Gasteiger partial charge in [-0.3, -0.25) is 9.69 Å². The smallest absolute Gasteiger partial charge is 0.234 e. The number of rotatable bonds is 7. The van der Waals surface area contributed by atoms with Gasteiger partial charge in [0.1, 0.15) is 5.82 Å². The lowest BCUT2D eigenvalue weighted by Gasteiger charge is -2.21. The van der Waals surface area contributed by atoms with Gasteiger partial charge in [-0.05, 0) is 41.8 Å². The van der Waals surface area contributed by atoms with Crippen LogP contribution in [-0.2, 0) is 24.3 Å². The molecule has 0 aliphatic carbocycles. The number of nitrogens with zero attached hydrogens (tertiary/aromatic N) is 1. The molecule has 2 aromatic carbocycles. The highest BCUT2D eigenvalue weighted by Crippen LogP contribution is 2.27. The van der Waals surface area contributed by atoms with Gasteiger partial charge in [-0.1, -0.05) is 37.3 Å². The van der Waals surface area contributed by atoms with Crippen LogP contribution in [0.1, 0.15) is 23.6 Å². The van der Waals surface area contributed by atoms with Crippen LogP contribution >= 0.6 is 12.4 Å². The number of anilines is 1. The lowest BCUT2D eigenvalue weighted by Crippen LogP contribution is -2.36. The number of halogens is 2. The summed E-state index contributed by atoms with van der Waals surface area (Å²) in [7, 11) is 0. The molecular weight excluding hydrogens is 353 g/mol. The minimum atomic E-state index is -0.267. The maximum Gasteiger partial charge on any atom is 0.234 e. The highest BCUT2D eigenvalue weighted by molar-refractivity contribution is 5.85. The molecule has 0 saturated heterocycles. The predicted molar refractivity (Wildman–Crippen MR) is 105 cm³/mol. The third kappa shape index (κ3) is 5.19. The number of nitrogens with one attached hydrogen (secondary N) is 2. The second-order valence-corrected chi connectivity index (χ2v) is 6.33. The molecule has 0 bridgehead atoms. The number of benzene rings is 2. The van der Waals surface area contributed by atoms with Gasteiger partial charge in [0, 0.05) is 25.3 Å². The Morgan fingerprint density at radius 1 is 1.23 bits per heavy atom. The lowest BCUT2D eigenvalue weighted by atomic mass is 10.1. The maximum atomic E-state index is 12.9. The average Bonchev–Trinajstić information content (AvgIpc) is 3.10. The van der Waals surface area contributed by atoms with Gasteiger partial charge in [0.2, 0.25) is 5.91 Å². The number of carbonyl (C=O) groups is 1. The van der Waals surface area contributed by atoms with Crippen molar-refractivity contribution in [3.05, 3.63) is 65.0 Å². The van der Waals surface area contributed by atoms with E-state index in [2.05, 4.69) is 40.7 Å². The third-order valence-electron chi connectivity index (χ3n) is 4.54. The maximum absolute atomic E-state index is 12.9. The first-order chi connectivity index (χ1) is 12.2. The Labute approximate surface area is 160 Å². The van der Waals surface area contributed by atoms with Gasteiger partial charge in [-0.25, -0.2) is 4.39 Å². The van der Waals surface area contributed by atoms with Gasteiger partial charge in [-0.2, -0.15) is 0 Å². The van der Waals surface area contributed by atoms with E-state index in [1.165, 1.54) is 28.9 Å². The van der Waals surface area contributed by atoms with Crippen LogP contribution in [0.15, 0.2) is 42.5 Å². The van der Waals surface area contributed by atoms with Gasteiger partial charge in [0.25, 0.3) is 0 Å². The number of para-hydroxylation sites is 1. The molecule has 0 fully saturated rings. The lowest BCUT2D eigenvalue weighted by molar-refractivity contribution is -0.122. The Balaban J connectivity index is 0.00000243. The fraction of sp³-hybridized carbons (Fsp3) is 0.350. The first-order valence-corrected chi connectivity index (χ1v) is 8.74. The van der Waals surface area contributed by atoms with Crippen LogP contribution in [0.4, 0.5) is 10.1 Å². The molecule has 2 aromatic rings. The molecule has 0 aromatic heterocycles. The SMILES string of the molecule is CCN(CC(=O)NCc1ccc(F)cc1)Cc1cccc2c1NCC2.Cl. The Morgan fingerprint density at radius 2 is 2.00 bits per heavy atom. The van der Waals surface area contributed by atoms with E-state index in [1.54, 1.807) is 12.1 Å². The van der Waals surface area contributed by atoms with Crippen molar-refractivity contribution in [3.8, 4) is 0 Å². The molecule has 0 atom stereocenters. The van der Waals surface area contributed by atoms with Crippen LogP contribution in [0.25, 0.3) is 0 Å². The van der Waals surface area contributed by atoms with Crippen LogP contribution in [-0.4, -0.2) is 30.4 Å². The van der Waals surface area contributed by atoms with Gasteiger partial charge in [0.05, 0.1) is 6.54 Å². The molecule has 0 unspecified atom stereocenters. The van der Waals surface area contributed by atoms with E-state index >= 15 is 0 Å². The molecule has 140 valence electrons. The van der Waals surface area contributed by atoms with E-state index in [4.69, 9.17) is 0 Å². The molecular formula is C20H25ClFN3O. The van der Waals surface area contributed by atoms with Crippen LogP contribution in [0, 0.1) is 5.82 Å². The summed E-state index contributed by atoms with van der Waals surface area (Å²) in [5, 5.41) is 6.35. The quantitative estimate of drug-likeness (QED) is 0.777. The van der Waals surface area contributed by atoms with Crippen molar-refractivity contribution in [1.29, 1.82) is 0 Å². The number of hydrogen-bond acceptors (Lipinski definition) is 3. The first-order valence-electron chi connectivity index (χ1n) is 8.74. The Kier molecular flexibility index (Phi) is 7.42. The van der Waals surface area contributed by atoms with Crippen LogP contribution in [0.5, 0.6) is 0 Å². The molecule has 2 N–H and O–H groups in total. The summed E-state index contributed by atoms with van der Waals surface area (Å²) >= 11 is 0. The van der Waals surface area contributed by atoms with Crippen molar-refractivity contribution < 1.29 is 9.18 Å². The Hall–Kier alpha value is -2.11. The Morgan fingerprint density at radius 3 is 2.73 bits per heavy atom. The molecule has 1 amide bonds. The highest BCUT2D eigenvalue weighted by atomic mass is 35.5. The van der Waals surface area contributed by atoms with Crippen molar-refractivity contribution in [2.45, 2.75) is 26.4 Å². The summed E-state index contributed by atoms with van der Waals surface area (Å²) in [6.45, 7) is 5.35. The molecule has 1 heterocycles. The van der Waals surface area contributed by atoms with E-state index in [0.717, 1.165) is 31.6 Å². The standard InChI is InChI=1S/C20H24FN3O.ClH/c1-2-24(13-17-5-3-4-16-10-11-22-20(16)17)14-19(25)23-12-15-6-8-18(21)9-7-15;/h3-9,22H,2,10-14H2,1H3,(H,23,25);1H. The van der Waals surface area contributed by atoms with Gasteiger partial charge >= 0.3 is 0 Å². The normalized spacial score (nSPS) is 12.3. The molecule has 4 nitrogen and oxygen atoms in total. The van der Waals surface area contributed by atoms with Gasteiger partial charge in [-0.15, -0.1) is 12.4 Å². The molecule has 6 heteroatoms. The average molecular weight is 378 g/mol. The molecule has 0 radical (unpaired) electrons. The topological polar surface area (TPSA) is 44.4 Å². The summed E-state index contributed by atoms with van der Waals surface area (Å²) < 4.78 is 12.9. The number of amides is 1. The minimum Gasteiger partial charge on any atom is -0.384 e. The summed E-state index contributed by atoms with van der Waals surface area (Å²) in [5.41, 5.74) is 4.72. The predicted octanol–water partition coefficient (Wildman–Crippen LogP) is 3.35. The molecule has 0 spiro atoms. The minimum absolute atomic E-state index is 0. The summed E-state index contributed by atoms with van der Waals surface area (Å²) in [5.74, 6) is -0.289. The van der Waals surface area contributed by atoms with Gasteiger partial charge < -0.3 is 10.6 Å². The van der Waals surface area contributed by atoms with E-state index in [1.807, 2.05) is 0 Å². The van der Waals surface area contributed by atoms with Crippen LogP contribution < -0.4 is 10.6 Å². The fourth-order valence-electron chi connectivity index (χ4n) is 3.12. The molecule has 1 aliphatic rings. The van der Waals surface area contributed by atoms with Crippen LogP contribution in [0.3, 0.4) is 0 Å².